The lowest BCUT2D eigenvalue weighted by Gasteiger charge is -2.07. The Morgan fingerprint density at radius 2 is 1.75 bits per heavy atom. The van der Waals surface area contributed by atoms with Crippen LogP contribution in [0.15, 0.2) is 40.9 Å². The molecule has 2 rings (SSSR count). The Labute approximate surface area is 140 Å². The Kier molecular flexibility index (Phi) is 5.33. The minimum absolute atomic E-state index is 0.151. The fourth-order valence-electron chi connectivity index (χ4n) is 1.61. The summed E-state index contributed by atoms with van der Waals surface area (Å²) in [5.41, 5.74) is 1.43. The molecule has 0 aliphatic rings. The lowest BCUT2D eigenvalue weighted by atomic mass is 10.1. The minimum atomic E-state index is -0.151. The predicted molar refractivity (Wildman–Crippen MR) is 87.9 cm³/mol. The zero-order valence-electron chi connectivity index (χ0n) is 10.1. The van der Waals surface area contributed by atoms with Crippen LogP contribution in [0.4, 0.5) is 5.69 Å². The van der Waals surface area contributed by atoms with E-state index in [1.165, 1.54) is 0 Å². The summed E-state index contributed by atoms with van der Waals surface area (Å²) in [5.74, 6) is -0.151. The summed E-state index contributed by atoms with van der Waals surface area (Å²) in [6.07, 6.45) is 0.213. The van der Waals surface area contributed by atoms with Crippen LogP contribution >= 0.6 is 50.7 Å². The summed E-state index contributed by atoms with van der Waals surface area (Å²) in [5, 5.41) is 4.21. The molecular weight excluding hydrogens is 384 g/mol. The average Bonchev–Trinajstić information content (AvgIpc) is 2.38. The Morgan fingerprint density at radius 1 is 1.00 bits per heavy atom. The molecule has 0 aliphatic heterocycles. The van der Waals surface area contributed by atoms with Gasteiger partial charge < -0.3 is 5.32 Å². The van der Waals surface area contributed by atoms with Crippen molar-refractivity contribution in [3.05, 3.63) is 61.5 Å². The fourth-order valence-corrected chi connectivity index (χ4v) is 2.36. The van der Waals surface area contributed by atoms with Crippen molar-refractivity contribution >= 4 is 62.3 Å². The molecule has 1 N–H and O–H groups in total. The Bertz CT molecular complexity index is 605. The molecule has 0 aromatic heterocycles. The lowest BCUT2D eigenvalue weighted by molar-refractivity contribution is -0.115. The number of anilines is 1. The normalized spacial score (nSPS) is 10.4. The van der Waals surface area contributed by atoms with Crippen LogP contribution in [0, 0.1) is 0 Å². The summed E-state index contributed by atoms with van der Waals surface area (Å²) in [6.45, 7) is 0. The van der Waals surface area contributed by atoms with Crippen molar-refractivity contribution in [1.29, 1.82) is 0 Å². The summed E-state index contributed by atoms with van der Waals surface area (Å²) >= 11 is 21.0. The van der Waals surface area contributed by atoms with Gasteiger partial charge in [0.2, 0.25) is 5.91 Å². The van der Waals surface area contributed by atoms with Crippen LogP contribution in [0.5, 0.6) is 0 Å². The van der Waals surface area contributed by atoms with Crippen LogP contribution in [-0.2, 0) is 11.2 Å². The van der Waals surface area contributed by atoms with E-state index in [2.05, 4.69) is 21.2 Å². The Hall–Kier alpha value is -0.740. The van der Waals surface area contributed by atoms with Crippen molar-refractivity contribution < 1.29 is 4.79 Å². The first-order valence-corrected chi connectivity index (χ1v) is 7.57. The molecule has 0 saturated carbocycles. The third-order valence-electron chi connectivity index (χ3n) is 2.55. The van der Waals surface area contributed by atoms with Crippen LogP contribution in [-0.4, -0.2) is 5.91 Å². The highest BCUT2D eigenvalue weighted by molar-refractivity contribution is 9.10. The van der Waals surface area contributed by atoms with Crippen molar-refractivity contribution in [2.45, 2.75) is 6.42 Å². The summed E-state index contributed by atoms with van der Waals surface area (Å²) in [7, 11) is 0. The number of carbonyl (C=O) groups excluding carboxylic acids is 1. The summed E-state index contributed by atoms with van der Waals surface area (Å²) < 4.78 is 0.779. The second kappa shape index (κ2) is 6.81. The third-order valence-corrected chi connectivity index (χ3v) is 4.52. The number of nitrogens with one attached hydrogen (secondary N) is 1. The number of carbonyl (C=O) groups is 1. The van der Waals surface area contributed by atoms with E-state index in [0.29, 0.717) is 20.8 Å². The molecule has 104 valence electrons. The molecule has 0 unspecified atom stereocenters. The fraction of sp³-hybridized carbons (Fsp3) is 0.0714. The SMILES string of the molecule is O=C(Cc1ccc(Cl)c(Cl)c1)Nc1ccc(Br)c(Cl)c1. The van der Waals surface area contributed by atoms with E-state index in [1.807, 2.05) is 0 Å². The van der Waals surface area contributed by atoms with Gasteiger partial charge in [0, 0.05) is 10.2 Å². The third kappa shape index (κ3) is 4.13. The monoisotopic (exact) mass is 391 g/mol. The Morgan fingerprint density at radius 3 is 2.40 bits per heavy atom. The molecular formula is C14H9BrCl3NO. The van der Waals surface area contributed by atoms with Crippen molar-refractivity contribution in [2.24, 2.45) is 0 Å². The highest BCUT2D eigenvalue weighted by atomic mass is 79.9. The highest BCUT2D eigenvalue weighted by Gasteiger charge is 2.07. The maximum atomic E-state index is 11.9. The van der Waals surface area contributed by atoms with E-state index >= 15 is 0 Å². The van der Waals surface area contributed by atoms with Gasteiger partial charge in [0.1, 0.15) is 0 Å². The lowest BCUT2D eigenvalue weighted by Crippen LogP contribution is -2.14. The average molecular weight is 393 g/mol. The van der Waals surface area contributed by atoms with Crippen LogP contribution in [0.3, 0.4) is 0 Å². The Balaban J connectivity index is 2.04. The maximum Gasteiger partial charge on any atom is 0.228 e. The quantitative estimate of drug-likeness (QED) is 0.724. The number of hydrogen-bond acceptors (Lipinski definition) is 1. The van der Waals surface area contributed by atoms with E-state index < -0.39 is 0 Å². The number of rotatable bonds is 3. The molecule has 2 nitrogen and oxygen atoms in total. The molecule has 2 aromatic carbocycles. The van der Waals surface area contributed by atoms with Gasteiger partial charge in [-0.15, -0.1) is 0 Å². The molecule has 0 spiro atoms. The van der Waals surface area contributed by atoms with Crippen molar-refractivity contribution in [3.63, 3.8) is 0 Å². The van der Waals surface area contributed by atoms with Crippen molar-refractivity contribution in [1.82, 2.24) is 0 Å². The number of halogens is 4. The minimum Gasteiger partial charge on any atom is -0.326 e. The van der Waals surface area contributed by atoms with Crippen LogP contribution in [0.25, 0.3) is 0 Å². The maximum absolute atomic E-state index is 11.9. The highest BCUT2D eigenvalue weighted by Crippen LogP contribution is 2.26. The van der Waals surface area contributed by atoms with Crippen molar-refractivity contribution in [2.75, 3.05) is 5.32 Å². The first kappa shape index (κ1) is 15.6. The van der Waals surface area contributed by atoms with E-state index in [9.17, 15) is 4.79 Å². The second-order valence-electron chi connectivity index (χ2n) is 4.10. The van der Waals surface area contributed by atoms with Gasteiger partial charge in [0.05, 0.1) is 21.5 Å². The molecule has 0 fully saturated rings. The number of hydrogen-bond donors (Lipinski definition) is 1. The van der Waals surface area contributed by atoms with Gasteiger partial charge in [-0.2, -0.15) is 0 Å². The van der Waals surface area contributed by atoms with Crippen molar-refractivity contribution in [3.8, 4) is 0 Å². The van der Waals surface area contributed by atoms with E-state index in [4.69, 9.17) is 34.8 Å². The van der Waals surface area contributed by atoms with Gasteiger partial charge in [-0.25, -0.2) is 0 Å². The molecule has 20 heavy (non-hydrogen) atoms. The largest absolute Gasteiger partial charge is 0.326 e. The van der Waals surface area contributed by atoms with Crippen LogP contribution in [0.1, 0.15) is 5.56 Å². The molecule has 0 bridgehead atoms. The smallest absolute Gasteiger partial charge is 0.228 e. The standard InChI is InChI=1S/C14H9BrCl3NO/c15-10-3-2-9(7-12(10)17)19-14(20)6-8-1-4-11(16)13(18)5-8/h1-5,7H,6H2,(H,19,20). The molecule has 1 amide bonds. The van der Waals surface area contributed by atoms with Gasteiger partial charge in [0.15, 0.2) is 0 Å². The van der Waals surface area contributed by atoms with Gasteiger partial charge >= 0.3 is 0 Å². The van der Waals surface area contributed by atoms with Gasteiger partial charge in [-0.05, 0) is 51.8 Å². The topological polar surface area (TPSA) is 29.1 Å². The summed E-state index contributed by atoms with van der Waals surface area (Å²) in [4.78, 5) is 11.9. The first-order valence-electron chi connectivity index (χ1n) is 5.64. The van der Waals surface area contributed by atoms with Crippen LogP contribution < -0.4 is 5.32 Å². The first-order chi connectivity index (χ1) is 9.45. The van der Waals surface area contributed by atoms with Gasteiger partial charge in [0.25, 0.3) is 0 Å². The van der Waals surface area contributed by atoms with Crippen LogP contribution in [0.2, 0.25) is 15.1 Å². The summed E-state index contributed by atoms with van der Waals surface area (Å²) in [6, 6.07) is 10.3. The second-order valence-corrected chi connectivity index (χ2v) is 6.18. The number of amides is 1. The number of benzene rings is 2. The predicted octanol–water partition coefficient (Wildman–Crippen LogP) is 5.59. The molecule has 0 heterocycles. The molecule has 0 atom stereocenters. The molecule has 6 heteroatoms. The van der Waals surface area contributed by atoms with Gasteiger partial charge in [-0.3, -0.25) is 4.79 Å². The molecule has 0 radical (unpaired) electrons. The molecule has 2 aromatic rings. The zero-order chi connectivity index (χ0) is 14.7. The van der Waals surface area contributed by atoms with E-state index in [-0.39, 0.29) is 12.3 Å². The van der Waals surface area contributed by atoms with E-state index in [1.54, 1.807) is 36.4 Å². The zero-order valence-corrected chi connectivity index (χ0v) is 13.9. The molecule has 0 aliphatic carbocycles. The van der Waals surface area contributed by atoms with E-state index in [0.717, 1.165) is 10.0 Å². The molecule has 0 saturated heterocycles. The van der Waals surface area contributed by atoms with Gasteiger partial charge in [-0.1, -0.05) is 40.9 Å².